The maximum atomic E-state index is 4.46. The molecule has 2 nitrogen and oxygen atoms in total. The summed E-state index contributed by atoms with van der Waals surface area (Å²) in [4.78, 5) is 4.46. The average molecular weight is 238 g/mol. The highest BCUT2D eigenvalue weighted by Crippen LogP contribution is 2.38. The summed E-state index contributed by atoms with van der Waals surface area (Å²) in [6, 6.07) is 13.0. The van der Waals surface area contributed by atoms with Gasteiger partial charge in [0.15, 0.2) is 0 Å². The molecule has 0 amide bonds. The van der Waals surface area contributed by atoms with Crippen LogP contribution in [0.5, 0.6) is 0 Å². The molecule has 2 heterocycles. The van der Waals surface area contributed by atoms with Crippen LogP contribution in [-0.4, -0.2) is 4.98 Å². The summed E-state index contributed by atoms with van der Waals surface area (Å²) in [5.74, 6) is 0.551. The first kappa shape index (κ1) is 11.3. The number of hydrogen-bond acceptors (Lipinski definition) is 2. The number of benzene rings is 1. The number of aromatic nitrogens is 1. The van der Waals surface area contributed by atoms with Crippen LogP contribution in [0.4, 0.5) is 5.69 Å². The first-order chi connectivity index (χ1) is 8.75. The molecule has 2 heteroatoms. The Morgan fingerprint density at radius 3 is 2.78 bits per heavy atom. The number of anilines is 1. The van der Waals surface area contributed by atoms with E-state index < -0.39 is 0 Å². The second-order valence-corrected chi connectivity index (χ2v) is 5.19. The Morgan fingerprint density at radius 2 is 2.06 bits per heavy atom. The number of hydrogen-bond donors (Lipinski definition) is 1. The molecule has 1 aliphatic heterocycles. The molecule has 1 unspecified atom stereocenters. The van der Waals surface area contributed by atoms with Crippen molar-refractivity contribution in [3.8, 4) is 0 Å². The summed E-state index contributed by atoms with van der Waals surface area (Å²) in [6.07, 6.45) is 2.90. The second kappa shape index (κ2) is 4.45. The molecule has 2 aromatic rings. The topological polar surface area (TPSA) is 24.9 Å². The van der Waals surface area contributed by atoms with Gasteiger partial charge in [0.1, 0.15) is 0 Å². The quantitative estimate of drug-likeness (QED) is 0.858. The Morgan fingerprint density at radius 1 is 1.17 bits per heavy atom. The molecule has 0 radical (unpaired) electrons. The number of rotatable bonds is 2. The minimum absolute atomic E-state index is 0.320. The van der Waals surface area contributed by atoms with Crippen molar-refractivity contribution in [2.45, 2.75) is 32.2 Å². The monoisotopic (exact) mass is 238 g/mol. The molecular weight excluding hydrogens is 220 g/mol. The van der Waals surface area contributed by atoms with Crippen LogP contribution in [0, 0.1) is 0 Å². The minimum Gasteiger partial charge on any atom is -0.376 e. The zero-order valence-electron chi connectivity index (χ0n) is 10.9. The highest BCUT2D eigenvalue weighted by molar-refractivity contribution is 5.63. The number of para-hydroxylation sites is 1. The zero-order chi connectivity index (χ0) is 12.5. The van der Waals surface area contributed by atoms with E-state index in [1.54, 1.807) is 0 Å². The maximum Gasteiger partial charge on any atom is 0.0726 e. The van der Waals surface area contributed by atoms with Gasteiger partial charge in [-0.05, 0) is 29.2 Å². The summed E-state index contributed by atoms with van der Waals surface area (Å²) in [5, 5.41) is 3.64. The van der Waals surface area contributed by atoms with Crippen molar-refractivity contribution in [2.75, 3.05) is 5.32 Å². The first-order valence-electron chi connectivity index (χ1n) is 6.55. The Balaban J connectivity index is 1.94. The third kappa shape index (κ3) is 1.88. The lowest BCUT2D eigenvalue weighted by molar-refractivity contribution is 0.787. The van der Waals surface area contributed by atoms with Gasteiger partial charge in [0, 0.05) is 18.3 Å². The molecule has 18 heavy (non-hydrogen) atoms. The van der Waals surface area contributed by atoms with Crippen LogP contribution in [0.3, 0.4) is 0 Å². The Bertz CT molecular complexity index is 546. The number of pyridine rings is 1. The molecule has 0 aliphatic carbocycles. The molecule has 1 aromatic carbocycles. The molecule has 1 atom stereocenters. The lowest BCUT2D eigenvalue weighted by Gasteiger charge is -2.14. The van der Waals surface area contributed by atoms with Crippen molar-refractivity contribution < 1.29 is 0 Å². The van der Waals surface area contributed by atoms with Gasteiger partial charge in [-0.15, -0.1) is 0 Å². The molecule has 92 valence electrons. The fraction of sp³-hybridized carbons (Fsp3) is 0.312. The van der Waals surface area contributed by atoms with Crippen molar-refractivity contribution in [1.82, 2.24) is 4.98 Å². The third-order valence-corrected chi connectivity index (χ3v) is 3.59. The number of nitrogens with one attached hydrogen (secondary N) is 1. The SMILES string of the molecule is CC(C)c1cccc2c1NC(c1ccccn1)C2. The van der Waals surface area contributed by atoms with Crippen molar-refractivity contribution in [2.24, 2.45) is 0 Å². The zero-order valence-corrected chi connectivity index (χ0v) is 10.9. The van der Waals surface area contributed by atoms with E-state index in [4.69, 9.17) is 0 Å². The summed E-state index contributed by atoms with van der Waals surface area (Å²) in [7, 11) is 0. The fourth-order valence-electron chi connectivity index (χ4n) is 2.65. The largest absolute Gasteiger partial charge is 0.376 e. The van der Waals surface area contributed by atoms with E-state index in [1.165, 1.54) is 16.8 Å². The van der Waals surface area contributed by atoms with Crippen LogP contribution >= 0.6 is 0 Å². The van der Waals surface area contributed by atoms with Gasteiger partial charge in [0.05, 0.1) is 11.7 Å². The van der Waals surface area contributed by atoms with Crippen molar-refractivity contribution >= 4 is 5.69 Å². The lowest BCUT2D eigenvalue weighted by Crippen LogP contribution is -2.08. The molecular formula is C16H18N2. The molecule has 1 N–H and O–H groups in total. The molecule has 0 saturated heterocycles. The molecule has 0 bridgehead atoms. The van der Waals surface area contributed by atoms with E-state index in [0.717, 1.165) is 12.1 Å². The Hall–Kier alpha value is -1.83. The van der Waals surface area contributed by atoms with Gasteiger partial charge in [-0.3, -0.25) is 4.98 Å². The van der Waals surface area contributed by atoms with E-state index in [1.807, 2.05) is 12.3 Å². The van der Waals surface area contributed by atoms with Gasteiger partial charge < -0.3 is 5.32 Å². The Kier molecular flexibility index (Phi) is 2.78. The van der Waals surface area contributed by atoms with Crippen LogP contribution < -0.4 is 5.32 Å². The van der Waals surface area contributed by atoms with E-state index in [9.17, 15) is 0 Å². The predicted molar refractivity (Wildman–Crippen MR) is 74.8 cm³/mol. The molecule has 3 rings (SSSR count). The van der Waals surface area contributed by atoms with Gasteiger partial charge in [0.2, 0.25) is 0 Å². The van der Waals surface area contributed by atoms with Crippen molar-refractivity contribution in [1.29, 1.82) is 0 Å². The molecule has 0 spiro atoms. The van der Waals surface area contributed by atoms with E-state index in [0.29, 0.717) is 12.0 Å². The summed E-state index contributed by atoms with van der Waals surface area (Å²) in [5.41, 5.74) is 5.27. The fourth-order valence-corrected chi connectivity index (χ4v) is 2.65. The van der Waals surface area contributed by atoms with Crippen molar-refractivity contribution in [3.63, 3.8) is 0 Å². The standard InChI is InChI=1S/C16H18N2/c1-11(2)13-7-5-6-12-10-15(18-16(12)13)14-8-3-4-9-17-14/h3-9,11,15,18H,10H2,1-2H3. The Labute approximate surface area is 108 Å². The summed E-state index contributed by atoms with van der Waals surface area (Å²) >= 11 is 0. The van der Waals surface area contributed by atoms with Gasteiger partial charge in [-0.2, -0.15) is 0 Å². The molecule has 0 fully saturated rings. The highest BCUT2D eigenvalue weighted by atomic mass is 15.0. The molecule has 0 saturated carbocycles. The average Bonchev–Trinajstić information content (AvgIpc) is 2.83. The summed E-state index contributed by atoms with van der Waals surface area (Å²) < 4.78 is 0. The van der Waals surface area contributed by atoms with E-state index >= 15 is 0 Å². The van der Waals surface area contributed by atoms with Gasteiger partial charge >= 0.3 is 0 Å². The highest BCUT2D eigenvalue weighted by Gasteiger charge is 2.25. The van der Waals surface area contributed by atoms with E-state index in [-0.39, 0.29) is 0 Å². The van der Waals surface area contributed by atoms with Crippen LogP contribution in [0.2, 0.25) is 0 Å². The summed E-state index contributed by atoms with van der Waals surface area (Å²) in [6.45, 7) is 4.48. The van der Waals surface area contributed by atoms with Gasteiger partial charge in [-0.1, -0.05) is 38.1 Å². The van der Waals surface area contributed by atoms with Gasteiger partial charge in [0.25, 0.3) is 0 Å². The normalized spacial score (nSPS) is 17.6. The second-order valence-electron chi connectivity index (χ2n) is 5.19. The van der Waals surface area contributed by atoms with Crippen LogP contribution in [0.1, 0.15) is 42.6 Å². The van der Waals surface area contributed by atoms with Crippen LogP contribution in [0.25, 0.3) is 0 Å². The number of nitrogens with zero attached hydrogens (tertiary/aromatic N) is 1. The smallest absolute Gasteiger partial charge is 0.0726 e. The van der Waals surface area contributed by atoms with Crippen LogP contribution in [0.15, 0.2) is 42.6 Å². The molecule has 1 aliphatic rings. The first-order valence-corrected chi connectivity index (χ1v) is 6.55. The third-order valence-electron chi connectivity index (χ3n) is 3.59. The van der Waals surface area contributed by atoms with E-state index in [2.05, 4.69) is 54.5 Å². The predicted octanol–water partition coefficient (Wildman–Crippen LogP) is 3.91. The number of fused-ring (bicyclic) bond motifs is 1. The minimum atomic E-state index is 0.320. The molecule has 1 aromatic heterocycles. The lowest BCUT2D eigenvalue weighted by atomic mass is 9.98. The van der Waals surface area contributed by atoms with Gasteiger partial charge in [-0.25, -0.2) is 0 Å². The maximum absolute atomic E-state index is 4.46. The van der Waals surface area contributed by atoms with Crippen LogP contribution in [-0.2, 0) is 6.42 Å². The van der Waals surface area contributed by atoms with Crippen molar-refractivity contribution in [3.05, 3.63) is 59.4 Å².